The monoisotopic (exact) mass is 384 g/mol. The second-order valence-corrected chi connectivity index (χ2v) is 5.48. The van der Waals surface area contributed by atoms with Crippen molar-refractivity contribution < 1.29 is 34.1 Å². The van der Waals surface area contributed by atoms with Gasteiger partial charge in [-0.15, -0.1) is 0 Å². The number of carbonyl (C=O) groups is 2. The van der Waals surface area contributed by atoms with E-state index in [2.05, 4.69) is 0 Å². The zero-order chi connectivity index (χ0) is 19.7. The second kappa shape index (κ2) is 11.7. The third-order valence-electron chi connectivity index (χ3n) is 3.43. The van der Waals surface area contributed by atoms with Gasteiger partial charge in [0.2, 0.25) is 0 Å². The molecule has 2 rings (SSSR count). The van der Waals surface area contributed by atoms with E-state index in [4.69, 9.17) is 21.7 Å². The number of benzene rings is 2. The molecule has 0 fully saturated rings. The highest BCUT2D eigenvalue weighted by Gasteiger charge is 2.14. The van der Waals surface area contributed by atoms with Gasteiger partial charge in [-0.25, -0.2) is 8.78 Å². The molecule has 0 radical (unpaired) electrons. The third kappa shape index (κ3) is 8.36. The maximum Gasteiger partial charge on any atom is 0.320 e. The van der Waals surface area contributed by atoms with Gasteiger partial charge in [0.05, 0.1) is 0 Å². The molecule has 0 saturated heterocycles. The van der Waals surface area contributed by atoms with Crippen LogP contribution in [0.4, 0.5) is 8.78 Å². The Kier molecular flexibility index (Phi) is 10.4. The first-order chi connectivity index (χ1) is 12.2. The average molecular weight is 384 g/mol. The first-order valence-corrected chi connectivity index (χ1v) is 7.66. The summed E-state index contributed by atoms with van der Waals surface area (Å²) in [6.07, 6.45) is 0.0318. The molecule has 0 amide bonds. The van der Waals surface area contributed by atoms with Crippen molar-refractivity contribution in [2.24, 2.45) is 11.5 Å². The van der Waals surface area contributed by atoms with Crippen molar-refractivity contribution >= 4 is 11.9 Å². The summed E-state index contributed by atoms with van der Waals surface area (Å²) in [5, 5.41) is 17.0. The summed E-state index contributed by atoms with van der Waals surface area (Å²) in [7, 11) is 0. The molecule has 0 spiro atoms. The summed E-state index contributed by atoms with van der Waals surface area (Å²) in [5.41, 5.74) is 11.2. The molecule has 9 heteroatoms. The van der Waals surface area contributed by atoms with Gasteiger partial charge in [-0.3, -0.25) is 9.59 Å². The summed E-state index contributed by atoms with van der Waals surface area (Å²) in [6, 6.07) is 9.91. The molecule has 2 aromatic rings. The molecule has 2 aromatic carbocycles. The number of hydrogen-bond donors (Lipinski definition) is 4. The minimum atomic E-state index is -1.12. The minimum absolute atomic E-state index is 0. The number of hydrogen-bond acceptors (Lipinski definition) is 4. The average Bonchev–Trinajstić information content (AvgIpc) is 2.59. The highest BCUT2D eigenvalue weighted by Crippen LogP contribution is 2.09. The Morgan fingerprint density at radius 2 is 1.07 bits per heavy atom. The van der Waals surface area contributed by atoms with Gasteiger partial charge < -0.3 is 27.2 Å². The zero-order valence-corrected chi connectivity index (χ0v) is 14.3. The lowest BCUT2D eigenvalue weighted by Gasteiger charge is -2.06. The number of halogens is 2. The molecule has 0 bridgehead atoms. The van der Waals surface area contributed by atoms with Gasteiger partial charge in [0, 0.05) is 12.8 Å². The fourth-order valence-corrected chi connectivity index (χ4v) is 1.98. The summed E-state index contributed by atoms with van der Waals surface area (Å²) >= 11 is 0. The SMILES string of the molecule is NC(Cc1ccccc1F)C(=O)O.NC(Cc1ccccc1F)C(=O)O.O. The van der Waals surface area contributed by atoms with E-state index < -0.39 is 35.7 Å². The van der Waals surface area contributed by atoms with E-state index in [0.717, 1.165) is 0 Å². The van der Waals surface area contributed by atoms with Crippen LogP contribution in [0.2, 0.25) is 0 Å². The van der Waals surface area contributed by atoms with Crippen LogP contribution in [-0.2, 0) is 22.4 Å². The summed E-state index contributed by atoms with van der Waals surface area (Å²) < 4.78 is 25.9. The molecular formula is C18H22F2N2O5. The third-order valence-corrected chi connectivity index (χ3v) is 3.43. The standard InChI is InChI=1S/2C9H10FNO2.H2O/c2*10-7-4-2-1-3-6(7)5-8(11)9(12)13;/h2*1-4,8H,5,11H2,(H,12,13);1H2. The summed E-state index contributed by atoms with van der Waals surface area (Å²) in [5.74, 6) is -3.08. The first kappa shape index (κ1) is 24.1. The fraction of sp³-hybridized carbons (Fsp3) is 0.222. The van der Waals surface area contributed by atoms with E-state index in [1.165, 1.54) is 24.3 Å². The van der Waals surface area contributed by atoms with Crippen LogP contribution >= 0.6 is 0 Å². The molecule has 148 valence electrons. The summed E-state index contributed by atoms with van der Waals surface area (Å²) in [6.45, 7) is 0. The highest BCUT2D eigenvalue weighted by molar-refractivity contribution is 5.73. The van der Waals surface area contributed by atoms with Crippen molar-refractivity contribution in [3.05, 3.63) is 71.3 Å². The Bertz CT molecular complexity index is 695. The summed E-state index contributed by atoms with van der Waals surface area (Å²) in [4.78, 5) is 20.7. The molecule has 0 saturated carbocycles. The van der Waals surface area contributed by atoms with Crippen molar-refractivity contribution in [3.8, 4) is 0 Å². The fourth-order valence-electron chi connectivity index (χ4n) is 1.98. The number of carboxylic acids is 2. The Hall–Kier alpha value is -2.88. The molecule has 8 N–H and O–H groups in total. The van der Waals surface area contributed by atoms with E-state index in [1.807, 2.05) is 0 Å². The number of aliphatic carboxylic acids is 2. The molecule has 2 unspecified atom stereocenters. The molecule has 2 atom stereocenters. The number of nitrogens with two attached hydrogens (primary N) is 2. The topological polar surface area (TPSA) is 158 Å². The van der Waals surface area contributed by atoms with E-state index in [-0.39, 0.29) is 18.3 Å². The van der Waals surface area contributed by atoms with Crippen molar-refractivity contribution in [2.75, 3.05) is 0 Å². The van der Waals surface area contributed by atoms with E-state index in [0.29, 0.717) is 11.1 Å². The van der Waals surface area contributed by atoms with Crippen LogP contribution in [0.5, 0.6) is 0 Å². The molecule has 27 heavy (non-hydrogen) atoms. The Morgan fingerprint density at radius 3 is 1.33 bits per heavy atom. The van der Waals surface area contributed by atoms with Gasteiger partial charge in [0.25, 0.3) is 0 Å². The van der Waals surface area contributed by atoms with Gasteiger partial charge in [-0.05, 0) is 23.3 Å². The number of carboxylic acid groups (broad SMARTS) is 2. The zero-order valence-electron chi connectivity index (χ0n) is 14.3. The van der Waals surface area contributed by atoms with Crippen molar-refractivity contribution in [1.82, 2.24) is 0 Å². The molecule has 0 aliphatic rings. The van der Waals surface area contributed by atoms with Crippen molar-refractivity contribution in [1.29, 1.82) is 0 Å². The lowest BCUT2D eigenvalue weighted by atomic mass is 10.1. The van der Waals surface area contributed by atoms with Gasteiger partial charge in [-0.1, -0.05) is 36.4 Å². The van der Waals surface area contributed by atoms with Crippen molar-refractivity contribution in [3.63, 3.8) is 0 Å². The molecular weight excluding hydrogens is 362 g/mol. The van der Waals surface area contributed by atoms with Crippen LogP contribution in [0.15, 0.2) is 48.5 Å². The molecule has 0 heterocycles. The minimum Gasteiger partial charge on any atom is -0.480 e. The maximum atomic E-state index is 13.0. The normalized spacial score (nSPS) is 12.0. The lowest BCUT2D eigenvalue weighted by Crippen LogP contribution is -2.32. The lowest BCUT2D eigenvalue weighted by molar-refractivity contribution is -0.139. The quantitative estimate of drug-likeness (QED) is 0.575. The second-order valence-electron chi connectivity index (χ2n) is 5.48. The molecule has 0 aromatic heterocycles. The van der Waals surface area contributed by atoms with Gasteiger partial charge in [0.15, 0.2) is 0 Å². The predicted octanol–water partition coefficient (Wildman–Crippen LogP) is 0.736. The maximum absolute atomic E-state index is 13.0. The van der Waals surface area contributed by atoms with Crippen LogP contribution in [0, 0.1) is 11.6 Å². The Balaban J connectivity index is 0.000000483. The highest BCUT2D eigenvalue weighted by atomic mass is 19.1. The van der Waals surface area contributed by atoms with Crippen LogP contribution in [-0.4, -0.2) is 39.7 Å². The van der Waals surface area contributed by atoms with Gasteiger partial charge >= 0.3 is 11.9 Å². The van der Waals surface area contributed by atoms with Crippen LogP contribution < -0.4 is 11.5 Å². The van der Waals surface area contributed by atoms with Crippen LogP contribution in [0.3, 0.4) is 0 Å². The van der Waals surface area contributed by atoms with Crippen LogP contribution in [0.1, 0.15) is 11.1 Å². The Labute approximate surface area is 154 Å². The molecule has 0 aliphatic carbocycles. The number of rotatable bonds is 6. The van der Waals surface area contributed by atoms with E-state index >= 15 is 0 Å². The first-order valence-electron chi connectivity index (χ1n) is 7.66. The molecule has 0 aliphatic heterocycles. The Morgan fingerprint density at radius 1 is 0.778 bits per heavy atom. The largest absolute Gasteiger partial charge is 0.480 e. The van der Waals surface area contributed by atoms with E-state index in [9.17, 15) is 18.4 Å². The smallest absolute Gasteiger partial charge is 0.320 e. The van der Waals surface area contributed by atoms with Crippen molar-refractivity contribution in [2.45, 2.75) is 24.9 Å². The van der Waals surface area contributed by atoms with E-state index in [1.54, 1.807) is 24.3 Å². The van der Waals surface area contributed by atoms with Gasteiger partial charge in [-0.2, -0.15) is 0 Å². The van der Waals surface area contributed by atoms with Gasteiger partial charge in [0.1, 0.15) is 23.7 Å². The van der Waals surface area contributed by atoms with Crippen LogP contribution in [0.25, 0.3) is 0 Å². The molecule has 7 nitrogen and oxygen atoms in total. The predicted molar refractivity (Wildman–Crippen MR) is 95.0 cm³/mol.